The van der Waals surface area contributed by atoms with Crippen LogP contribution in [0.25, 0.3) is 32.7 Å². The molecule has 28 heavy (non-hydrogen) atoms. The quantitative estimate of drug-likeness (QED) is 0.321. The molecule has 1 nitrogen and oxygen atoms in total. The van der Waals surface area contributed by atoms with Gasteiger partial charge in [-0.05, 0) is 33.2 Å². The van der Waals surface area contributed by atoms with E-state index in [9.17, 15) is 4.79 Å². The van der Waals surface area contributed by atoms with Gasteiger partial charge in [0.15, 0.2) is 5.78 Å². The molecule has 1 heteroatoms. The first kappa shape index (κ1) is 16.5. The van der Waals surface area contributed by atoms with E-state index in [-0.39, 0.29) is 5.78 Å². The lowest BCUT2D eigenvalue weighted by Gasteiger charge is -2.15. The standard InChI is InChI=1S/C27H18O/c28-27(21-11-2-1-3-12-21)25-18-17-20-10-5-7-15-23(20)26(25)24-16-8-13-19-9-4-6-14-22(19)24/h1-18H. The first-order valence-electron chi connectivity index (χ1n) is 9.42. The maximum atomic E-state index is 13.4. The second-order valence-corrected chi connectivity index (χ2v) is 6.93. The molecule has 0 aromatic heterocycles. The third-order valence-corrected chi connectivity index (χ3v) is 5.27. The van der Waals surface area contributed by atoms with Crippen molar-refractivity contribution in [3.8, 4) is 11.1 Å². The molecule has 0 heterocycles. The van der Waals surface area contributed by atoms with Crippen LogP contribution in [0, 0.1) is 0 Å². The van der Waals surface area contributed by atoms with Gasteiger partial charge in [0, 0.05) is 16.7 Å². The van der Waals surface area contributed by atoms with Gasteiger partial charge >= 0.3 is 0 Å². The first-order chi connectivity index (χ1) is 13.8. The molecule has 0 aliphatic heterocycles. The second kappa shape index (κ2) is 6.79. The number of hydrogen-bond donors (Lipinski definition) is 0. The highest BCUT2D eigenvalue weighted by molar-refractivity contribution is 6.19. The molecule has 0 amide bonds. The molecule has 5 rings (SSSR count). The fraction of sp³-hybridized carbons (Fsp3) is 0. The van der Waals surface area contributed by atoms with Gasteiger partial charge in [-0.25, -0.2) is 0 Å². The van der Waals surface area contributed by atoms with Gasteiger partial charge in [0.05, 0.1) is 0 Å². The van der Waals surface area contributed by atoms with E-state index in [1.54, 1.807) is 0 Å². The molecule has 0 bridgehead atoms. The van der Waals surface area contributed by atoms with E-state index in [0.717, 1.165) is 32.8 Å². The smallest absolute Gasteiger partial charge is 0.193 e. The second-order valence-electron chi connectivity index (χ2n) is 6.93. The van der Waals surface area contributed by atoms with Crippen LogP contribution >= 0.6 is 0 Å². The fourth-order valence-corrected chi connectivity index (χ4v) is 3.94. The molecule has 5 aromatic carbocycles. The molecule has 0 unspecified atom stereocenters. The van der Waals surface area contributed by atoms with Crippen LogP contribution in [0.1, 0.15) is 15.9 Å². The lowest BCUT2D eigenvalue weighted by molar-refractivity contribution is 0.103. The van der Waals surface area contributed by atoms with Crippen LogP contribution in [0.2, 0.25) is 0 Å². The van der Waals surface area contributed by atoms with Crippen LogP contribution in [0.15, 0.2) is 109 Å². The summed E-state index contributed by atoms with van der Waals surface area (Å²) in [5.41, 5.74) is 3.54. The number of benzene rings is 5. The van der Waals surface area contributed by atoms with E-state index in [2.05, 4.69) is 48.5 Å². The Labute approximate surface area is 163 Å². The zero-order valence-electron chi connectivity index (χ0n) is 15.3. The Hall–Kier alpha value is -3.71. The number of hydrogen-bond acceptors (Lipinski definition) is 1. The molecule has 0 saturated heterocycles. The molecule has 0 atom stereocenters. The maximum Gasteiger partial charge on any atom is 0.193 e. The third-order valence-electron chi connectivity index (χ3n) is 5.27. The van der Waals surface area contributed by atoms with Crippen molar-refractivity contribution in [1.29, 1.82) is 0 Å². The van der Waals surface area contributed by atoms with E-state index in [0.29, 0.717) is 5.56 Å². The maximum absolute atomic E-state index is 13.4. The van der Waals surface area contributed by atoms with Crippen LogP contribution in [0.3, 0.4) is 0 Å². The first-order valence-corrected chi connectivity index (χ1v) is 9.42. The molecule has 0 aliphatic rings. The monoisotopic (exact) mass is 358 g/mol. The van der Waals surface area contributed by atoms with Crippen molar-refractivity contribution in [2.45, 2.75) is 0 Å². The summed E-state index contributed by atoms with van der Waals surface area (Å²) in [6, 6.07) is 36.4. The van der Waals surface area contributed by atoms with Gasteiger partial charge in [0.2, 0.25) is 0 Å². The molecule has 5 aromatic rings. The van der Waals surface area contributed by atoms with E-state index in [1.165, 1.54) is 5.39 Å². The highest BCUT2D eigenvalue weighted by Crippen LogP contribution is 2.37. The van der Waals surface area contributed by atoms with Crippen molar-refractivity contribution in [3.63, 3.8) is 0 Å². The molecule has 0 N–H and O–H groups in total. The van der Waals surface area contributed by atoms with E-state index in [1.807, 2.05) is 60.7 Å². The largest absolute Gasteiger partial charge is 0.289 e. The number of carbonyl (C=O) groups excluding carboxylic acids is 1. The van der Waals surface area contributed by atoms with Gasteiger partial charge in [-0.3, -0.25) is 4.79 Å². The minimum Gasteiger partial charge on any atom is -0.289 e. The van der Waals surface area contributed by atoms with Gasteiger partial charge in [0.25, 0.3) is 0 Å². The van der Waals surface area contributed by atoms with Crippen molar-refractivity contribution in [1.82, 2.24) is 0 Å². The van der Waals surface area contributed by atoms with Crippen LogP contribution in [0.5, 0.6) is 0 Å². The summed E-state index contributed by atoms with van der Waals surface area (Å²) < 4.78 is 0. The van der Waals surface area contributed by atoms with Gasteiger partial charge in [-0.1, -0.05) is 103 Å². The Morgan fingerprint density at radius 2 is 1.11 bits per heavy atom. The summed E-state index contributed by atoms with van der Waals surface area (Å²) in [4.78, 5) is 13.4. The minimum atomic E-state index is 0.0503. The SMILES string of the molecule is O=C(c1ccccc1)c1ccc2ccccc2c1-c1cccc2ccccc12. The van der Waals surface area contributed by atoms with Crippen LogP contribution in [-0.4, -0.2) is 5.78 Å². The van der Waals surface area contributed by atoms with Crippen molar-refractivity contribution < 1.29 is 4.79 Å². The van der Waals surface area contributed by atoms with Crippen LogP contribution < -0.4 is 0 Å². The van der Waals surface area contributed by atoms with E-state index in [4.69, 9.17) is 0 Å². The molecular weight excluding hydrogens is 340 g/mol. The number of rotatable bonds is 3. The Morgan fingerprint density at radius 1 is 0.500 bits per heavy atom. The molecule has 0 saturated carbocycles. The van der Waals surface area contributed by atoms with Crippen molar-refractivity contribution in [2.24, 2.45) is 0 Å². The fourth-order valence-electron chi connectivity index (χ4n) is 3.94. The topological polar surface area (TPSA) is 17.1 Å². The number of fused-ring (bicyclic) bond motifs is 2. The molecule has 0 aliphatic carbocycles. The van der Waals surface area contributed by atoms with Crippen molar-refractivity contribution >= 4 is 27.3 Å². The van der Waals surface area contributed by atoms with Gasteiger partial charge < -0.3 is 0 Å². The van der Waals surface area contributed by atoms with Crippen molar-refractivity contribution in [3.05, 3.63) is 120 Å². The van der Waals surface area contributed by atoms with Crippen molar-refractivity contribution in [2.75, 3.05) is 0 Å². The summed E-state index contributed by atoms with van der Waals surface area (Å²) in [5, 5.41) is 4.56. The molecule has 0 radical (unpaired) electrons. The average Bonchev–Trinajstić information content (AvgIpc) is 2.78. The zero-order chi connectivity index (χ0) is 18.9. The van der Waals surface area contributed by atoms with Gasteiger partial charge in [0.1, 0.15) is 0 Å². The van der Waals surface area contributed by atoms with E-state index < -0.39 is 0 Å². The predicted molar refractivity (Wildman–Crippen MR) is 117 cm³/mol. The summed E-state index contributed by atoms with van der Waals surface area (Å²) in [5.74, 6) is 0.0503. The van der Waals surface area contributed by atoms with Gasteiger partial charge in [-0.2, -0.15) is 0 Å². The molecular formula is C27H18O. The van der Waals surface area contributed by atoms with Gasteiger partial charge in [-0.15, -0.1) is 0 Å². The third kappa shape index (κ3) is 2.69. The Bertz CT molecular complexity index is 1310. The highest BCUT2D eigenvalue weighted by Gasteiger charge is 2.18. The van der Waals surface area contributed by atoms with E-state index >= 15 is 0 Å². The lowest BCUT2D eigenvalue weighted by Crippen LogP contribution is -2.04. The molecule has 0 spiro atoms. The van der Waals surface area contributed by atoms with Crippen LogP contribution in [-0.2, 0) is 0 Å². The Morgan fingerprint density at radius 3 is 1.89 bits per heavy atom. The number of carbonyl (C=O) groups is 1. The normalized spacial score (nSPS) is 11.0. The summed E-state index contributed by atoms with van der Waals surface area (Å²) in [6.07, 6.45) is 0. The zero-order valence-corrected chi connectivity index (χ0v) is 15.3. The number of ketones is 1. The summed E-state index contributed by atoms with van der Waals surface area (Å²) in [7, 11) is 0. The highest BCUT2D eigenvalue weighted by atomic mass is 16.1. The van der Waals surface area contributed by atoms with Crippen LogP contribution in [0.4, 0.5) is 0 Å². The Balaban J connectivity index is 1.87. The average molecular weight is 358 g/mol. The lowest BCUT2D eigenvalue weighted by atomic mass is 9.87. The Kier molecular flexibility index (Phi) is 3.99. The minimum absolute atomic E-state index is 0.0503. The summed E-state index contributed by atoms with van der Waals surface area (Å²) in [6.45, 7) is 0. The molecule has 0 fully saturated rings. The summed E-state index contributed by atoms with van der Waals surface area (Å²) >= 11 is 0. The molecule has 132 valence electrons. The predicted octanol–water partition coefficient (Wildman–Crippen LogP) is 6.89.